The Morgan fingerprint density at radius 3 is 2.50 bits per heavy atom. The van der Waals surface area contributed by atoms with Crippen molar-refractivity contribution in [2.24, 2.45) is 0 Å². The molecule has 1 aromatic carbocycles. The molecule has 3 aromatic rings. The van der Waals surface area contributed by atoms with E-state index in [1.165, 1.54) is 14.2 Å². The van der Waals surface area contributed by atoms with Gasteiger partial charge in [-0.05, 0) is 24.3 Å². The van der Waals surface area contributed by atoms with Crippen molar-refractivity contribution in [2.75, 3.05) is 20.5 Å². The van der Waals surface area contributed by atoms with Crippen molar-refractivity contribution < 1.29 is 22.1 Å². The maximum absolute atomic E-state index is 11.6. The van der Waals surface area contributed by atoms with Gasteiger partial charge in [0, 0.05) is 6.20 Å². The van der Waals surface area contributed by atoms with Crippen LogP contribution in [-0.2, 0) is 10.1 Å². The summed E-state index contributed by atoms with van der Waals surface area (Å²) in [6.45, 7) is 0. The number of ether oxygens (including phenoxy) is 2. The number of fused-ring (bicyclic) bond motifs is 1. The number of benzene rings is 1. The van der Waals surface area contributed by atoms with Crippen LogP contribution < -0.4 is 13.7 Å². The minimum absolute atomic E-state index is 0.0339. The van der Waals surface area contributed by atoms with E-state index in [1.54, 1.807) is 24.4 Å². The molecule has 0 aliphatic rings. The number of rotatable bonds is 5. The van der Waals surface area contributed by atoms with Gasteiger partial charge in [-0.3, -0.25) is 0 Å². The van der Waals surface area contributed by atoms with Gasteiger partial charge in [0.05, 0.1) is 31.6 Å². The third-order valence-electron chi connectivity index (χ3n) is 3.25. The van der Waals surface area contributed by atoms with E-state index in [2.05, 4.69) is 15.0 Å². The maximum atomic E-state index is 11.6. The van der Waals surface area contributed by atoms with Crippen molar-refractivity contribution in [3.63, 3.8) is 0 Å². The number of hydrogen-bond acceptors (Lipinski definition) is 7. The monoisotopic (exact) mass is 349 g/mol. The summed E-state index contributed by atoms with van der Waals surface area (Å²) < 4.78 is 38.7. The lowest BCUT2D eigenvalue weighted by molar-refractivity contribution is 0.362. The molecule has 1 N–H and O–H groups in total. The van der Waals surface area contributed by atoms with Gasteiger partial charge in [0.2, 0.25) is 5.75 Å². The highest BCUT2D eigenvalue weighted by Crippen LogP contribution is 2.44. The fraction of sp³-hybridized carbons (Fsp3) is 0.200. The number of aromatic amines is 1. The number of aromatic nitrogens is 3. The lowest BCUT2D eigenvalue weighted by Crippen LogP contribution is -2.08. The fourth-order valence-electron chi connectivity index (χ4n) is 2.30. The first-order valence-electron chi connectivity index (χ1n) is 6.88. The number of nitrogens with one attached hydrogen (secondary N) is 1. The van der Waals surface area contributed by atoms with Gasteiger partial charge in [-0.15, -0.1) is 0 Å². The molecule has 9 heteroatoms. The minimum atomic E-state index is -3.77. The van der Waals surface area contributed by atoms with Gasteiger partial charge in [0.25, 0.3) is 0 Å². The van der Waals surface area contributed by atoms with Crippen LogP contribution in [0.4, 0.5) is 0 Å². The average Bonchev–Trinajstić information content (AvgIpc) is 2.96. The van der Waals surface area contributed by atoms with E-state index < -0.39 is 10.1 Å². The van der Waals surface area contributed by atoms with E-state index in [1.807, 2.05) is 6.07 Å². The van der Waals surface area contributed by atoms with Crippen molar-refractivity contribution in [1.82, 2.24) is 15.0 Å². The number of hydrogen-bond donors (Lipinski definition) is 1. The summed E-state index contributed by atoms with van der Waals surface area (Å²) >= 11 is 0. The molecule has 0 spiro atoms. The minimum Gasteiger partial charge on any atom is -0.493 e. The average molecular weight is 349 g/mol. The Hall–Kier alpha value is -2.81. The topological polar surface area (TPSA) is 103 Å². The Morgan fingerprint density at radius 2 is 1.88 bits per heavy atom. The van der Waals surface area contributed by atoms with Crippen LogP contribution in [0.5, 0.6) is 17.2 Å². The van der Waals surface area contributed by atoms with E-state index in [4.69, 9.17) is 13.7 Å². The second-order valence-corrected chi connectivity index (χ2v) is 6.50. The van der Waals surface area contributed by atoms with Crippen LogP contribution in [0.2, 0.25) is 0 Å². The molecule has 3 rings (SSSR count). The van der Waals surface area contributed by atoms with E-state index in [-0.39, 0.29) is 17.2 Å². The predicted octanol–water partition coefficient (Wildman–Crippen LogP) is 1.98. The molecule has 0 saturated heterocycles. The summed E-state index contributed by atoms with van der Waals surface area (Å²) in [6, 6.07) is 6.90. The van der Waals surface area contributed by atoms with Crippen LogP contribution in [-0.4, -0.2) is 43.8 Å². The van der Waals surface area contributed by atoms with E-state index >= 15 is 0 Å². The lowest BCUT2D eigenvalue weighted by Gasteiger charge is -2.15. The molecule has 2 heterocycles. The molecule has 0 unspecified atom stereocenters. The first kappa shape index (κ1) is 16.1. The Kier molecular flexibility index (Phi) is 4.02. The van der Waals surface area contributed by atoms with Gasteiger partial charge in [-0.25, -0.2) is 9.97 Å². The fourth-order valence-corrected chi connectivity index (χ4v) is 2.76. The molecule has 0 radical (unpaired) electrons. The first-order chi connectivity index (χ1) is 11.4. The van der Waals surface area contributed by atoms with Crippen molar-refractivity contribution in [3.05, 3.63) is 30.5 Å². The molecule has 0 aliphatic carbocycles. The predicted molar refractivity (Wildman–Crippen MR) is 87.9 cm³/mol. The zero-order valence-electron chi connectivity index (χ0n) is 13.2. The summed E-state index contributed by atoms with van der Waals surface area (Å²) in [4.78, 5) is 11.7. The van der Waals surface area contributed by atoms with Crippen molar-refractivity contribution in [3.8, 4) is 28.6 Å². The highest BCUT2D eigenvalue weighted by Gasteiger charge is 2.23. The normalized spacial score (nSPS) is 11.5. The molecule has 0 saturated carbocycles. The van der Waals surface area contributed by atoms with Crippen LogP contribution in [0.3, 0.4) is 0 Å². The molecule has 0 bridgehead atoms. The van der Waals surface area contributed by atoms with E-state index in [0.717, 1.165) is 11.8 Å². The highest BCUT2D eigenvalue weighted by molar-refractivity contribution is 7.86. The first-order valence-corrected chi connectivity index (χ1v) is 8.70. The van der Waals surface area contributed by atoms with Crippen molar-refractivity contribution in [2.45, 2.75) is 0 Å². The molecule has 126 valence electrons. The third-order valence-corrected chi connectivity index (χ3v) is 3.72. The molecule has 0 fully saturated rings. The standard InChI is InChI=1S/C15H15N3O5S/c1-21-11-7-6-9(12(22-2)13(11)23-24(3,19)20)14-17-10-5-4-8-16-15(10)18-14/h4-8H,1-3H3,(H,16,17,18). The van der Waals surface area contributed by atoms with Crippen LogP contribution >= 0.6 is 0 Å². The van der Waals surface area contributed by atoms with Crippen molar-refractivity contribution >= 4 is 21.3 Å². The number of nitrogens with zero attached hydrogens (tertiary/aromatic N) is 2. The molecule has 2 aromatic heterocycles. The van der Waals surface area contributed by atoms with Gasteiger partial charge in [0.1, 0.15) is 5.82 Å². The van der Waals surface area contributed by atoms with Crippen LogP contribution in [0.25, 0.3) is 22.6 Å². The second-order valence-electron chi connectivity index (χ2n) is 4.93. The van der Waals surface area contributed by atoms with Gasteiger partial charge in [0.15, 0.2) is 17.1 Å². The molecular formula is C15H15N3O5S. The Labute approximate surface area is 138 Å². The molecule has 24 heavy (non-hydrogen) atoms. The quantitative estimate of drug-likeness (QED) is 0.702. The zero-order chi connectivity index (χ0) is 17.3. The molecule has 0 atom stereocenters. The van der Waals surface area contributed by atoms with Gasteiger partial charge < -0.3 is 18.6 Å². The Balaban J connectivity index is 2.22. The van der Waals surface area contributed by atoms with Gasteiger partial charge in [-0.1, -0.05) is 0 Å². The molecular weight excluding hydrogens is 334 g/mol. The largest absolute Gasteiger partial charge is 0.493 e. The smallest absolute Gasteiger partial charge is 0.306 e. The molecule has 0 amide bonds. The summed E-state index contributed by atoms with van der Waals surface area (Å²) in [5.74, 6) is 0.865. The summed E-state index contributed by atoms with van der Waals surface area (Å²) in [7, 11) is -0.946. The van der Waals surface area contributed by atoms with E-state index in [9.17, 15) is 8.42 Å². The number of H-pyrrole nitrogens is 1. The number of pyridine rings is 1. The van der Waals surface area contributed by atoms with Crippen LogP contribution in [0.1, 0.15) is 0 Å². The number of methoxy groups -OCH3 is 2. The van der Waals surface area contributed by atoms with Gasteiger partial charge in [-0.2, -0.15) is 8.42 Å². The zero-order valence-corrected chi connectivity index (χ0v) is 14.0. The summed E-state index contributed by atoms with van der Waals surface area (Å²) in [5.41, 5.74) is 1.81. The third kappa shape index (κ3) is 2.98. The van der Waals surface area contributed by atoms with Crippen LogP contribution in [0, 0.1) is 0 Å². The Bertz CT molecular complexity index is 965. The van der Waals surface area contributed by atoms with Gasteiger partial charge >= 0.3 is 10.1 Å². The molecule has 8 nitrogen and oxygen atoms in total. The molecule has 0 aliphatic heterocycles. The maximum Gasteiger partial charge on any atom is 0.306 e. The van der Waals surface area contributed by atoms with E-state index in [0.29, 0.717) is 17.0 Å². The summed E-state index contributed by atoms with van der Waals surface area (Å²) in [6.07, 6.45) is 2.58. The second kappa shape index (κ2) is 6.00. The van der Waals surface area contributed by atoms with Crippen LogP contribution in [0.15, 0.2) is 30.5 Å². The number of imidazole rings is 1. The SMILES string of the molecule is COc1ccc(-c2nc3ncccc3[nH]2)c(OC)c1OS(C)(=O)=O. The highest BCUT2D eigenvalue weighted by atomic mass is 32.2. The van der Waals surface area contributed by atoms with Crippen molar-refractivity contribution in [1.29, 1.82) is 0 Å². The summed E-state index contributed by atoms with van der Waals surface area (Å²) in [5, 5.41) is 0. The Morgan fingerprint density at radius 1 is 1.08 bits per heavy atom. The lowest BCUT2D eigenvalue weighted by atomic mass is 10.1.